The molecule has 152 valence electrons. The van der Waals surface area contributed by atoms with Crippen molar-refractivity contribution in [2.45, 2.75) is 19.4 Å². The van der Waals surface area contributed by atoms with E-state index < -0.39 is 0 Å². The Balaban J connectivity index is 1.63. The Bertz CT molecular complexity index is 954. The van der Waals surface area contributed by atoms with Crippen LogP contribution in [0.3, 0.4) is 0 Å². The van der Waals surface area contributed by atoms with E-state index in [9.17, 15) is 4.79 Å². The molecule has 0 bridgehead atoms. The summed E-state index contributed by atoms with van der Waals surface area (Å²) in [5, 5.41) is 2.94. The lowest BCUT2D eigenvalue weighted by Crippen LogP contribution is -2.23. The average Bonchev–Trinajstić information content (AvgIpc) is 3.30. The zero-order valence-corrected chi connectivity index (χ0v) is 16.7. The summed E-state index contributed by atoms with van der Waals surface area (Å²) in [6.45, 7) is 0.367. The molecule has 7 nitrogen and oxygen atoms in total. The number of aryl methyl sites for hydroxylation is 1. The fourth-order valence-electron chi connectivity index (χ4n) is 3.11. The number of nitrogens with one attached hydrogen (secondary N) is 1. The fourth-order valence-corrected chi connectivity index (χ4v) is 3.11. The Morgan fingerprint density at radius 2 is 1.83 bits per heavy atom. The highest BCUT2D eigenvalue weighted by atomic mass is 16.5. The van der Waals surface area contributed by atoms with Crippen LogP contribution in [0.25, 0.3) is 11.5 Å². The van der Waals surface area contributed by atoms with Crippen molar-refractivity contribution < 1.29 is 23.4 Å². The Kier molecular flexibility index (Phi) is 6.73. The molecule has 0 aliphatic rings. The Morgan fingerprint density at radius 1 is 1.00 bits per heavy atom. The van der Waals surface area contributed by atoms with E-state index >= 15 is 0 Å². The predicted molar refractivity (Wildman–Crippen MR) is 108 cm³/mol. The van der Waals surface area contributed by atoms with Gasteiger partial charge in [-0.25, -0.2) is 0 Å². The van der Waals surface area contributed by atoms with Gasteiger partial charge in [0.25, 0.3) is 0 Å². The van der Waals surface area contributed by atoms with Crippen LogP contribution < -0.4 is 19.5 Å². The van der Waals surface area contributed by atoms with Gasteiger partial charge in [0.15, 0.2) is 17.3 Å². The smallest absolute Gasteiger partial charge is 0.220 e. The SMILES string of the molecule is COc1ccc(CCC(=O)NCc2cccnc2-c2ccco2)c(OC)c1OC. The number of furan rings is 1. The van der Waals surface area contributed by atoms with Crippen molar-refractivity contribution >= 4 is 5.91 Å². The zero-order chi connectivity index (χ0) is 20.6. The Morgan fingerprint density at radius 3 is 2.52 bits per heavy atom. The van der Waals surface area contributed by atoms with E-state index in [-0.39, 0.29) is 5.91 Å². The standard InChI is InChI=1S/C22H24N2O5/c1-26-18-10-8-15(21(27-2)22(18)28-3)9-11-19(25)24-14-16-6-4-12-23-20(16)17-7-5-13-29-17/h4-8,10,12-13H,9,11,14H2,1-3H3,(H,24,25). The molecule has 0 fully saturated rings. The first kappa shape index (κ1) is 20.3. The van der Waals surface area contributed by atoms with Crippen molar-refractivity contribution in [3.63, 3.8) is 0 Å². The van der Waals surface area contributed by atoms with Gasteiger partial charge in [0.05, 0.1) is 27.6 Å². The second-order valence-electron chi connectivity index (χ2n) is 6.26. The summed E-state index contributed by atoms with van der Waals surface area (Å²) in [7, 11) is 4.70. The minimum Gasteiger partial charge on any atom is -0.493 e. The molecule has 2 heterocycles. The van der Waals surface area contributed by atoms with Crippen LogP contribution in [0.2, 0.25) is 0 Å². The molecule has 3 rings (SSSR count). The van der Waals surface area contributed by atoms with Crippen LogP contribution >= 0.6 is 0 Å². The first-order chi connectivity index (χ1) is 14.2. The summed E-state index contributed by atoms with van der Waals surface area (Å²) < 4.78 is 21.6. The third-order valence-corrected chi connectivity index (χ3v) is 4.53. The number of amides is 1. The molecule has 29 heavy (non-hydrogen) atoms. The van der Waals surface area contributed by atoms with Crippen LogP contribution in [-0.2, 0) is 17.8 Å². The average molecular weight is 396 g/mol. The minimum atomic E-state index is -0.0731. The molecule has 0 saturated carbocycles. The maximum Gasteiger partial charge on any atom is 0.220 e. The highest BCUT2D eigenvalue weighted by molar-refractivity contribution is 5.76. The van der Waals surface area contributed by atoms with E-state index in [0.717, 1.165) is 16.8 Å². The van der Waals surface area contributed by atoms with Gasteiger partial charge in [0.1, 0.15) is 5.69 Å². The van der Waals surface area contributed by atoms with Gasteiger partial charge in [0, 0.05) is 24.7 Å². The molecular weight excluding hydrogens is 372 g/mol. The van der Waals surface area contributed by atoms with Gasteiger partial charge in [-0.2, -0.15) is 0 Å². The molecule has 1 amide bonds. The number of methoxy groups -OCH3 is 3. The van der Waals surface area contributed by atoms with Gasteiger partial charge in [-0.15, -0.1) is 0 Å². The maximum atomic E-state index is 12.4. The van der Waals surface area contributed by atoms with E-state index in [4.69, 9.17) is 18.6 Å². The Labute approximate surface area is 169 Å². The molecule has 0 aliphatic carbocycles. The third kappa shape index (κ3) is 4.68. The van der Waals surface area contributed by atoms with Crippen molar-refractivity contribution in [3.8, 4) is 28.7 Å². The molecule has 0 atom stereocenters. The van der Waals surface area contributed by atoms with Crippen LogP contribution in [0.5, 0.6) is 17.2 Å². The molecule has 2 aromatic heterocycles. The van der Waals surface area contributed by atoms with Crippen molar-refractivity contribution in [2.75, 3.05) is 21.3 Å². The summed E-state index contributed by atoms with van der Waals surface area (Å²) >= 11 is 0. The van der Waals surface area contributed by atoms with Crippen LogP contribution in [0, 0.1) is 0 Å². The van der Waals surface area contributed by atoms with Crippen molar-refractivity contribution in [2.24, 2.45) is 0 Å². The molecule has 0 spiro atoms. The first-order valence-electron chi connectivity index (χ1n) is 9.20. The first-order valence-corrected chi connectivity index (χ1v) is 9.20. The van der Waals surface area contributed by atoms with E-state index in [1.807, 2.05) is 30.3 Å². The lowest BCUT2D eigenvalue weighted by Gasteiger charge is -2.15. The third-order valence-electron chi connectivity index (χ3n) is 4.53. The molecule has 3 aromatic rings. The number of hydrogen-bond acceptors (Lipinski definition) is 6. The predicted octanol–water partition coefficient (Wildman–Crippen LogP) is 3.62. The van der Waals surface area contributed by atoms with Gasteiger partial charge >= 0.3 is 0 Å². The number of ether oxygens (including phenoxy) is 3. The van der Waals surface area contributed by atoms with Crippen LogP contribution in [0.1, 0.15) is 17.5 Å². The molecular formula is C22H24N2O5. The normalized spacial score (nSPS) is 10.4. The number of nitrogens with zero attached hydrogens (tertiary/aromatic N) is 1. The highest BCUT2D eigenvalue weighted by Gasteiger charge is 2.17. The number of carbonyl (C=O) groups excluding carboxylic acids is 1. The van der Waals surface area contributed by atoms with E-state index in [0.29, 0.717) is 42.4 Å². The quantitative estimate of drug-likeness (QED) is 0.595. The van der Waals surface area contributed by atoms with Gasteiger partial charge in [-0.1, -0.05) is 12.1 Å². The van der Waals surface area contributed by atoms with Crippen molar-refractivity contribution in [1.82, 2.24) is 10.3 Å². The number of rotatable bonds is 9. The monoisotopic (exact) mass is 396 g/mol. The highest BCUT2D eigenvalue weighted by Crippen LogP contribution is 2.40. The maximum absolute atomic E-state index is 12.4. The van der Waals surface area contributed by atoms with E-state index in [2.05, 4.69) is 10.3 Å². The second kappa shape index (κ2) is 9.64. The topological polar surface area (TPSA) is 82.8 Å². The van der Waals surface area contributed by atoms with Crippen molar-refractivity contribution in [3.05, 3.63) is 60.0 Å². The summed E-state index contributed by atoms with van der Waals surface area (Å²) in [5.41, 5.74) is 2.48. The molecule has 0 unspecified atom stereocenters. The molecule has 1 aromatic carbocycles. The fraction of sp³-hybridized carbons (Fsp3) is 0.273. The summed E-state index contributed by atoms with van der Waals surface area (Å²) in [6.07, 6.45) is 4.12. The summed E-state index contributed by atoms with van der Waals surface area (Å²) in [4.78, 5) is 16.8. The summed E-state index contributed by atoms with van der Waals surface area (Å²) in [5.74, 6) is 2.28. The number of aromatic nitrogens is 1. The van der Waals surface area contributed by atoms with E-state index in [1.165, 1.54) is 0 Å². The zero-order valence-electron chi connectivity index (χ0n) is 16.7. The van der Waals surface area contributed by atoms with Crippen LogP contribution in [0.4, 0.5) is 0 Å². The largest absolute Gasteiger partial charge is 0.493 e. The number of carbonyl (C=O) groups is 1. The molecule has 0 aliphatic heterocycles. The lowest BCUT2D eigenvalue weighted by molar-refractivity contribution is -0.121. The van der Waals surface area contributed by atoms with Crippen LogP contribution in [-0.4, -0.2) is 32.2 Å². The molecule has 1 N–H and O–H groups in total. The molecule has 7 heteroatoms. The molecule has 0 radical (unpaired) electrons. The second-order valence-corrected chi connectivity index (χ2v) is 6.26. The number of benzene rings is 1. The lowest BCUT2D eigenvalue weighted by atomic mass is 10.1. The molecule has 0 saturated heterocycles. The number of hydrogen-bond donors (Lipinski definition) is 1. The van der Waals surface area contributed by atoms with Gasteiger partial charge in [-0.3, -0.25) is 9.78 Å². The van der Waals surface area contributed by atoms with Gasteiger partial charge in [-0.05, 0) is 36.2 Å². The van der Waals surface area contributed by atoms with Crippen LogP contribution in [0.15, 0.2) is 53.3 Å². The number of pyridine rings is 1. The van der Waals surface area contributed by atoms with Gasteiger partial charge in [0.2, 0.25) is 11.7 Å². The van der Waals surface area contributed by atoms with Crippen molar-refractivity contribution in [1.29, 1.82) is 0 Å². The van der Waals surface area contributed by atoms with Gasteiger partial charge < -0.3 is 23.9 Å². The van der Waals surface area contributed by atoms with E-state index in [1.54, 1.807) is 39.9 Å². The minimum absolute atomic E-state index is 0.0731. The Hall–Kier alpha value is -3.48. The summed E-state index contributed by atoms with van der Waals surface area (Å²) in [6, 6.07) is 11.1.